The SMILES string of the molecule is O=[N+]([O-])c1cccc(C=NNc2ccc3nnc(C(F)(F)F)n3n2)c1O. The predicted octanol–water partition coefficient (Wildman–Crippen LogP) is 2.20. The van der Waals surface area contributed by atoms with Crippen molar-refractivity contribution in [1.82, 2.24) is 19.8 Å². The van der Waals surface area contributed by atoms with Crippen LogP contribution < -0.4 is 5.43 Å². The lowest BCUT2D eigenvalue weighted by molar-refractivity contribution is -0.385. The van der Waals surface area contributed by atoms with Gasteiger partial charge in [0, 0.05) is 11.6 Å². The van der Waals surface area contributed by atoms with Crippen LogP contribution in [0.15, 0.2) is 35.4 Å². The first-order valence-corrected chi connectivity index (χ1v) is 6.82. The van der Waals surface area contributed by atoms with Crippen molar-refractivity contribution in [3.63, 3.8) is 0 Å². The number of nitrogens with one attached hydrogen (secondary N) is 1. The van der Waals surface area contributed by atoms with Gasteiger partial charge in [0.05, 0.1) is 11.1 Å². The largest absolute Gasteiger partial charge is 0.502 e. The van der Waals surface area contributed by atoms with Crippen molar-refractivity contribution < 1.29 is 23.2 Å². The Balaban J connectivity index is 1.85. The van der Waals surface area contributed by atoms with Crippen molar-refractivity contribution in [1.29, 1.82) is 0 Å². The number of nitrogens with zero attached hydrogens (tertiary/aromatic N) is 6. The average Bonchev–Trinajstić information content (AvgIpc) is 2.99. The van der Waals surface area contributed by atoms with Gasteiger partial charge in [-0.2, -0.15) is 22.8 Å². The van der Waals surface area contributed by atoms with Crippen LogP contribution in [0.3, 0.4) is 0 Å². The number of phenolic OH excluding ortho intramolecular Hbond substituents is 1. The molecule has 0 fully saturated rings. The molecule has 0 atom stereocenters. The molecule has 0 saturated carbocycles. The number of alkyl halides is 3. The van der Waals surface area contributed by atoms with E-state index in [4.69, 9.17) is 0 Å². The summed E-state index contributed by atoms with van der Waals surface area (Å²) in [6.07, 6.45) is -3.67. The van der Waals surface area contributed by atoms with Crippen molar-refractivity contribution in [2.45, 2.75) is 6.18 Å². The van der Waals surface area contributed by atoms with E-state index in [9.17, 15) is 28.4 Å². The zero-order chi connectivity index (χ0) is 18.9. The van der Waals surface area contributed by atoms with Gasteiger partial charge in [-0.15, -0.1) is 15.3 Å². The van der Waals surface area contributed by atoms with Gasteiger partial charge in [0.25, 0.3) is 5.82 Å². The minimum atomic E-state index is -4.73. The molecular formula is C13H8F3N7O3. The highest BCUT2D eigenvalue weighted by Gasteiger charge is 2.37. The summed E-state index contributed by atoms with van der Waals surface area (Å²) in [5.74, 6) is -1.95. The zero-order valence-electron chi connectivity index (χ0n) is 12.5. The third-order valence-corrected chi connectivity index (χ3v) is 3.14. The van der Waals surface area contributed by atoms with E-state index >= 15 is 0 Å². The minimum absolute atomic E-state index is 0.0352. The fourth-order valence-electron chi connectivity index (χ4n) is 1.99. The molecule has 2 N–H and O–H groups in total. The number of phenols is 1. The van der Waals surface area contributed by atoms with E-state index in [1.54, 1.807) is 0 Å². The number of benzene rings is 1. The molecule has 0 bridgehead atoms. The van der Waals surface area contributed by atoms with Gasteiger partial charge in [-0.25, -0.2) is 0 Å². The molecule has 1 aromatic carbocycles. The van der Waals surface area contributed by atoms with Crippen LogP contribution in [0.5, 0.6) is 5.75 Å². The molecule has 3 rings (SSSR count). The molecule has 0 spiro atoms. The van der Waals surface area contributed by atoms with Crippen molar-refractivity contribution in [2.75, 3.05) is 5.43 Å². The van der Waals surface area contributed by atoms with Crippen LogP contribution in [0.25, 0.3) is 5.65 Å². The lowest BCUT2D eigenvalue weighted by Crippen LogP contribution is -2.13. The summed E-state index contributed by atoms with van der Waals surface area (Å²) in [5.41, 5.74) is 1.78. The number of para-hydroxylation sites is 1. The molecule has 0 aliphatic carbocycles. The van der Waals surface area contributed by atoms with Crippen LogP contribution in [-0.4, -0.2) is 36.1 Å². The molecule has 0 amide bonds. The smallest absolute Gasteiger partial charge is 0.453 e. The van der Waals surface area contributed by atoms with Gasteiger partial charge >= 0.3 is 11.9 Å². The molecule has 134 valence electrons. The van der Waals surface area contributed by atoms with E-state index in [1.165, 1.54) is 24.3 Å². The van der Waals surface area contributed by atoms with E-state index < -0.39 is 28.4 Å². The minimum Gasteiger partial charge on any atom is -0.502 e. The second kappa shape index (κ2) is 6.27. The Kier molecular flexibility index (Phi) is 4.11. The number of fused-ring (bicyclic) bond motifs is 1. The van der Waals surface area contributed by atoms with E-state index in [-0.39, 0.29) is 17.0 Å². The fourth-order valence-corrected chi connectivity index (χ4v) is 1.99. The highest BCUT2D eigenvalue weighted by Crippen LogP contribution is 2.28. The maximum Gasteiger partial charge on any atom is 0.453 e. The molecule has 0 saturated heterocycles. The highest BCUT2D eigenvalue weighted by molar-refractivity contribution is 5.85. The number of rotatable bonds is 4. The topological polar surface area (TPSA) is 131 Å². The molecule has 26 heavy (non-hydrogen) atoms. The number of aromatic nitrogens is 4. The van der Waals surface area contributed by atoms with Crippen LogP contribution in [0.1, 0.15) is 11.4 Å². The lowest BCUT2D eigenvalue weighted by atomic mass is 10.2. The highest BCUT2D eigenvalue weighted by atomic mass is 19.4. The number of hydrogen-bond donors (Lipinski definition) is 2. The first-order valence-electron chi connectivity index (χ1n) is 6.82. The Morgan fingerprint density at radius 1 is 1.27 bits per heavy atom. The number of anilines is 1. The second-order valence-electron chi connectivity index (χ2n) is 4.85. The van der Waals surface area contributed by atoms with E-state index in [1.807, 2.05) is 0 Å². The predicted molar refractivity (Wildman–Crippen MR) is 81.8 cm³/mol. The maximum absolute atomic E-state index is 12.8. The van der Waals surface area contributed by atoms with Crippen LogP contribution in [0.4, 0.5) is 24.7 Å². The molecular weight excluding hydrogens is 359 g/mol. The van der Waals surface area contributed by atoms with Gasteiger partial charge in [-0.1, -0.05) is 6.07 Å². The normalized spacial score (nSPS) is 12.0. The van der Waals surface area contributed by atoms with Crippen molar-refractivity contribution >= 4 is 23.4 Å². The maximum atomic E-state index is 12.8. The summed E-state index contributed by atoms with van der Waals surface area (Å²) in [6.45, 7) is 0. The lowest BCUT2D eigenvalue weighted by Gasteiger charge is -2.04. The molecule has 0 aliphatic rings. The molecule has 3 aromatic rings. The quantitative estimate of drug-likeness (QED) is 0.410. The summed E-state index contributed by atoms with van der Waals surface area (Å²) in [4.78, 5) is 9.99. The number of halogens is 3. The zero-order valence-corrected chi connectivity index (χ0v) is 12.5. The van der Waals surface area contributed by atoms with Gasteiger partial charge < -0.3 is 5.11 Å². The van der Waals surface area contributed by atoms with Crippen molar-refractivity contribution in [3.05, 3.63) is 51.8 Å². The number of nitro benzene ring substituents is 1. The van der Waals surface area contributed by atoms with Crippen molar-refractivity contribution in [2.24, 2.45) is 5.10 Å². The Hall–Kier alpha value is -3.77. The van der Waals surface area contributed by atoms with Gasteiger partial charge in [-0.3, -0.25) is 15.5 Å². The number of hydrogen-bond acceptors (Lipinski definition) is 8. The third-order valence-electron chi connectivity index (χ3n) is 3.14. The van der Waals surface area contributed by atoms with Crippen LogP contribution in [-0.2, 0) is 6.18 Å². The van der Waals surface area contributed by atoms with Crippen molar-refractivity contribution in [3.8, 4) is 5.75 Å². The van der Waals surface area contributed by atoms with Crippen LogP contribution >= 0.6 is 0 Å². The molecule has 10 nitrogen and oxygen atoms in total. The van der Waals surface area contributed by atoms with Crippen LogP contribution in [0, 0.1) is 10.1 Å². The molecule has 2 heterocycles. The summed E-state index contributed by atoms with van der Waals surface area (Å²) in [5, 5.41) is 34.3. The Morgan fingerprint density at radius 2 is 2.04 bits per heavy atom. The van der Waals surface area contributed by atoms with Gasteiger partial charge in [0.2, 0.25) is 5.75 Å². The van der Waals surface area contributed by atoms with Crippen LogP contribution in [0.2, 0.25) is 0 Å². The summed E-state index contributed by atoms with van der Waals surface area (Å²) in [7, 11) is 0. The monoisotopic (exact) mass is 367 g/mol. The molecule has 2 aromatic heterocycles. The first kappa shape index (κ1) is 17.1. The Bertz CT molecular complexity index is 1020. The molecule has 0 radical (unpaired) electrons. The van der Waals surface area contributed by atoms with E-state index in [0.717, 1.165) is 12.3 Å². The summed E-state index contributed by atoms with van der Waals surface area (Å²) < 4.78 is 38.9. The van der Waals surface area contributed by atoms with E-state index in [2.05, 4.69) is 25.8 Å². The fraction of sp³-hybridized carbons (Fsp3) is 0.0769. The van der Waals surface area contributed by atoms with E-state index in [0.29, 0.717) is 4.52 Å². The molecule has 13 heteroatoms. The van der Waals surface area contributed by atoms with Gasteiger partial charge in [0.1, 0.15) is 0 Å². The number of hydrazone groups is 1. The summed E-state index contributed by atoms with van der Waals surface area (Å²) >= 11 is 0. The molecule has 0 unspecified atom stereocenters. The summed E-state index contributed by atoms with van der Waals surface area (Å²) in [6, 6.07) is 6.38. The van der Waals surface area contributed by atoms with Gasteiger partial charge in [0.15, 0.2) is 11.5 Å². The average molecular weight is 367 g/mol. The third kappa shape index (κ3) is 3.22. The second-order valence-corrected chi connectivity index (χ2v) is 4.85. The molecule has 0 aliphatic heterocycles. The van der Waals surface area contributed by atoms with Gasteiger partial charge in [-0.05, 0) is 18.2 Å². The standard InChI is InChI=1S/C13H8F3N7O3/c14-13(15,16)12-20-19-10-5-4-9(21-22(10)12)18-17-6-7-2-1-3-8(11(7)24)23(25)26/h1-6,24H,(H,18,21). The first-order chi connectivity index (χ1) is 12.3. The number of nitro groups is 1. The number of aromatic hydroxyl groups is 1. The Labute approximate surface area is 141 Å². The Morgan fingerprint density at radius 3 is 2.73 bits per heavy atom.